The van der Waals surface area contributed by atoms with Gasteiger partial charge in [-0.2, -0.15) is 0 Å². The molecule has 18 nitrogen and oxygen atoms in total. The van der Waals surface area contributed by atoms with Crippen LogP contribution in [0.1, 0.15) is 47.1 Å². The molecule has 2 fully saturated rings. The number of nitrogens with one attached hydrogen (secondary N) is 2. The maximum Gasteiger partial charge on any atom is 0.251 e. The summed E-state index contributed by atoms with van der Waals surface area (Å²) in [6.07, 6.45) is -13.8. The van der Waals surface area contributed by atoms with Gasteiger partial charge in [-0.05, 0) is 29.2 Å². The summed E-state index contributed by atoms with van der Waals surface area (Å²) in [7, 11) is 0. The first-order valence-corrected chi connectivity index (χ1v) is 16.4. The van der Waals surface area contributed by atoms with E-state index in [1.165, 1.54) is 6.07 Å². The molecule has 0 spiro atoms. The van der Waals surface area contributed by atoms with Crippen molar-refractivity contribution in [3.05, 3.63) is 34.9 Å². The molecule has 10 atom stereocenters. The Balaban J connectivity index is 1.38. The van der Waals surface area contributed by atoms with Gasteiger partial charge in [-0.3, -0.25) is 9.59 Å². The van der Waals surface area contributed by atoms with Crippen molar-refractivity contribution in [3.63, 3.8) is 0 Å². The summed E-state index contributed by atoms with van der Waals surface area (Å²) < 4.78 is 32.1. The van der Waals surface area contributed by atoms with E-state index in [9.17, 15) is 50.4 Å². The van der Waals surface area contributed by atoms with E-state index in [0.717, 1.165) is 5.56 Å². The van der Waals surface area contributed by atoms with E-state index < -0.39 is 86.4 Å². The van der Waals surface area contributed by atoms with Crippen LogP contribution in [0.3, 0.4) is 0 Å². The Morgan fingerprint density at radius 1 is 0.620 bits per heavy atom. The molecule has 286 valence electrons. The van der Waals surface area contributed by atoms with E-state index in [1.54, 1.807) is 12.1 Å². The fraction of sp³-hybridized carbons (Fsp3) is 0.750. The van der Waals surface area contributed by atoms with Gasteiger partial charge in [0.25, 0.3) is 11.8 Å². The average Bonchev–Trinajstić information content (AvgIpc) is 3.09. The van der Waals surface area contributed by atoms with Crippen LogP contribution in [-0.4, -0.2) is 180 Å². The van der Waals surface area contributed by atoms with E-state index in [-0.39, 0.29) is 69.3 Å². The Morgan fingerprint density at radius 2 is 1.02 bits per heavy atom. The lowest BCUT2D eigenvalue weighted by Crippen LogP contribution is -2.59. The van der Waals surface area contributed by atoms with Gasteiger partial charge in [-0.15, -0.1) is 0 Å². The zero-order valence-corrected chi connectivity index (χ0v) is 28.4. The molecule has 3 rings (SSSR count). The molecule has 10 N–H and O–H groups in total. The Hall–Kier alpha value is -2.40. The third kappa shape index (κ3) is 11.8. The quantitative estimate of drug-likeness (QED) is 0.0650. The van der Waals surface area contributed by atoms with E-state index in [2.05, 4.69) is 10.6 Å². The fourth-order valence-electron chi connectivity index (χ4n) is 5.06. The van der Waals surface area contributed by atoms with Crippen LogP contribution in [0.25, 0.3) is 0 Å². The summed E-state index contributed by atoms with van der Waals surface area (Å²) in [4.78, 5) is 26.0. The molecule has 2 aliphatic heterocycles. The van der Waals surface area contributed by atoms with Crippen molar-refractivity contribution in [1.82, 2.24) is 10.6 Å². The third-order valence-electron chi connectivity index (χ3n) is 8.10. The second kappa shape index (κ2) is 20.0. The molecule has 0 unspecified atom stereocenters. The second-order valence-corrected chi connectivity index (χ2v) is 12.9. The normalized spacial score (nSPS) is 30.2. The summed E-state index contributed by atoms with van der Waals surface area (Å²) in [5, 5.41) is 83.4. The van der Waals surface area contributed by atoms with E-state index in [1.807, 2.05) is 20.8 Å². The largest absolute Gasteiger partial charge is 0.394 e. The molecule has 18 heteroatoms. The van der Waals surface area contributed by atoms with Gasteiger partial charge in [0.05, 0.1) is 52.9 Å². The van der Waals surface area contributed by atoms with Crippen LogP contribution in [0, 0.1) is 0 Å². The summed E-state index contributed by atoms with van der Waals surface area (Å²) >= 11 is 0. The fourth-order valence-corrected chi connectivity index (χ4v) is 5.06. The van der Waals surface area contributed by atoms with Gasteiger partial charge >= 0.3 is 0 Å². The summed E-state index contributed by atoms with van der Waals surface area (Å²) in [5.74, 6) is -0.844. The monoisotopic (exact) mass is 720 g/mol. The zero-order valence-electron chi connectivity index (χ0n) is 28.4. The highest BCUT2D eigenvalue weighted by molar-refractivity contribution is 6.00. The number of benzene rings is 1. The van der Waals surface area contributed by atoms with Gasteiger partial charge in [0.2, 0.25) is 0 Å². The minimum atomic E-state index is -1.55. The summed E-state index contributed by atoms with van der Waals surface area (Å²) in [6.45, 7) is 5.25. The molecule has 2 amide bonds. The molecule has 0 aliphatic carbocycles. The van der Waals surface area contributed by atoms with E-state index in [0.29, 0.717) is 0 Å². The number of rotatable bonds is 18. The molecule has 2 saturated heterocycles. The lowest BCUT2D eigenvalue weighted by Gasteiger charge is -2.39. The Bertz CT molecular complexity index is 1120. The van der Waals surface area contributed by atoms with Crippen molar-refractivity contribution >= 4 is 11.8 Å². The van der Waals surface area contributed by atoms with Crippen molar-refractivity contribution < 1.29 is 78.9 Å². The van der Waals surface area contributed by atoms with Crippen LogP contribution in [0.15, 0.2) is 18.2 Å². The molecule has 50 heavy (non-hydrogen) atoms. The minimum Gasteiger partial charge on any atom is -0.394 e. The Kier molecular flexibility index (Phi) is 16.8. The highest BCUT2D eigenvalue weighted by Gasteiger charge is 2.45. The van der Waals surface area contributed by atoms with E-state index >= 15 is 0 Å². The molecule has 2 aliphatic rings. The van der Waals surface area contributed by atoms with Gasteiger partial charge in [-0.25, -0.2) is 0 Å². The number of carbonyl (C=O) groups is 2. The molecular formula is C32H52N2O16. The highest BCUT2D eigenvalue weighted by atomic mass is 16.7. The minimum absolute atomic E-state index is 0.0380. The predicted molar refractivity (Wildman–Crippen MR) is 171 cm³/mol. The molecule has 0 aromatic heterocycles. The number of aliphatic hydroxyl groups excluding tert-OH is 8. The topological polar surface area (TPSA) is 275 Å². The first-order valence-electron chi connectivity index (χ1n) is 16.4. The number of amides is 2. The first-order chi connectivity index (χ1) is 23.7. The number of aliphatic hydroxyl groups is 8. The molecule has 2 heterocycles. The van der Waals surface area contributed by atoms with Crippen molar-refractivity contribution in [2.24, 2.45) is 0 Å². The summed E-state index contributed by atoms with van der Waals surface area (Å²) in [5.41, 5.74) is 0.933. The predicted octanol–water partition coefficient (Wildman–Crippen LogP) is -3.89. The van der Waals surface area contributed by atoms with Gasteiger partial charge < -0.3 is 79.9 Å². The van der Waals surface area contributed by atoms with Crippen LogP contribution >= 0.6 is 0 Å². The number of hydrogen-bond acceptors (Lipinski definition) is 16. The van der Waals surface area contributed by atoms with Gasteiger partial charge in [-0.1, -0.05) is 20.8 Å². The molecule has 0 bridgehead atoms. The first kappa shape index (κ1) is 42.0. The van der Waals surface area contributed by atoms with Crippen molar-refractivity contribution in [2.45, 2.75) is 87.6 Å². The SMILES string of the molecule is CC(C)(C)c1cc(C(=O)NCCOCCO[C@H]2O[C@H](CO)[C@@H](O)[C@H](O)[C@@H]2O)cc(C(=O)NCCOCCO[C@H]2O[C@H](CO)[C@@H](O)[C@H](O)[C@@H]2O)c1. The van der Waals surface area contributed by atoms with E-state index in [4.69, 9.17) is 28.4 Å². The number of carbonyl (C=O) groups excluding carboxylic acids is 2. The van der Waals surface area contributed by atoms with Crippen LogP contribution < -0.4 is 10.6 Å². The summed E-state index contributed by atoms with van der Waals surface area (Å²) in [6, 6.07) is 4.89. The maximum absolute atomic E-state index is 13.0. The van der Waals surface area contributed by atoms with Crippen LogP contribution in [0.4, 0.5) is 0 Å². The molecule has 1 aromatic carbocycles. The van der Waals surface area contributed by atoms with Gasteiger partial charge in [0, 0.05) is 24.2 Å². The Morgan fingerprint density at radius 3 is 1.38 bits per heavy atom. The smallest absolute Gasteiger partial charge is 0.251 e. The second-order valence-electron chi connectivity index (χ2n) is 12.9. The lowest BCUT2D eigenvalue weighted by molar-refractivity contribution is -0.302. The van der Waals surface area contributed by atoms with Gasteiger partial charge in [0.1, 0.15) is 48.8 Å². The number of hydrogen-bond donors (Lipinski definition) is 10. The average molecular weight is 721 g/mol. The highest BCUT2D eigenvalue weighted by Crippen LogP contribution is 2.25. The van der Waals surface area contributed by atoms with Crippen molar-refractivity contribution in [2.75, 3.05) is 65.9 Å². The van der Waals surface area contributed by atoms with Crippen LogP contribution in [0.5, 0.6) is 0 Å². The van der Waals surface area contributed by atoms with Crippen LogP contribution in [-0.2, 0) is 33.8 Å². The van der Waals surface area contributed by atoms with Crippen LogP contribution in [0.2, 0.25) is 0 Å². The molecule has 0 saturated carbocycles. The molecule has 0 radical (unpaired) electrons. The van der Waals surface area contributed by atoms with Crippen molar-refractivity contribution in [3.8, 4) is 0 Å². The maximum atomic E-state index is 13.0. The molecular weight excluding hydrogens is 668 g/mol. The van der Waals surface area contributed by atoms with Crippen molar-refractivity contribution in [1.29, 1.82) is 0 Å². The lowest BCUT2D eigenvalue weighted by atomic mass is 9.85. The van der Waals surface area contributed by atoms with Gasteiger partial charge in [0.15, 0.2) is 12.6 Å². The Labute approximate surface area is 289 Å². The number of ether oxygens (including phenoxy) is 6. The molecule has 1 aromatic rings. The third-order valence-corrected chi connectivity index (χ3v) is 8.10. The standard InChI is InChI=1S/C32H52N2O16/c1-32(2,3)19-13-17(28(43)33-4-6-45-8-10-47-30-26(41)24(39)22(37)20(15-35)49-30)12-18(14-19)29(44)34-5-7-46-9-11-48-31-27(42)25(40)23(38)21(16-36)50-31/h12-14,20-27,30-31,35-42H,4-11,15-16H2,1-3H3,(H,33,43)(H,34,44)/t20-,21-,22-,23-,24+,25+,26+,27+,30+,31+/m1/s1. The zero-order chi connectivity index (χ0) is 37.0.